The van der Waals surface area contributed by atoms with Crippen molar-refractivity contribution in [3.8, 4) is 11.1 Å². The van der Waals surface area contributed by atoms with E-state index < -0.39 is 42.4 Å². The van der Waals surface area contributed by atoms with Crippen molar-refractivity contribution in [1.29, 1.82) is 0 Å². The number of carbonyl (C=O) groups is 1. The molecule has 0 aromatic heterocycles. The maximum Gasteiger partial charge on any atom is 0.335 e. The Kier molecular flexibility index (Phi) is 6.15. The lowest BCUT2D eigenvalue weighted by Crippen LogP contribution is -2.57. The minimum Gasteiger partial charge on any atom is -0.478 e. The molecule has 1 heterocycles. The Labute approximate surface area is 159 Å². The average Bonchev–Trinajstić information content (AvgIpc) is 2.69. The summed E-state index contributed by atoms with van der Waals surface area (Å²) in [5.74, 6) is -0.994. The predicted octanol–water partition coefficient (Wildman–Crippen LogP) is 0.944. The molecule has 27 heavy (non-hydrogen) atoms. The Bertz CT molecular complexity index is 793. The molecule has 3 rings (SSSR count). The number of aliphatic hydroxyl groups excluding tert-OH is 4. The van der Waals surface area contributed by atoms with Crippen molar-refractivity contribution >= 4 is 17.7 Å². The Morgan fingerprint density at radius 1 is 0.963 bits per heavy atom. The van der Waals surface area contributed by atoms with Gasteiger partial charge in [0.1, 0.15) is 29.9 Å². The first-order valence-electron chi connectivity index (χ1n) is 8.31. The van der Waals surface area contributed by atoms with Gasteiger partial charge >= 0.3 is 5.97 Å². The van der Waals surface area contributed by atoms with E-state index in [9.17, 15) is 25.2 Å². The molecule has 1 aliphatic rings. The summed E-state index contributed by atoms with van der Waals surface area (Å²) in [6.45, 7) is -0.471. The van der Waals surface area contributed by atoms with E-state index in [-0.39, 0.29) is 5.56 Å². The van der Waals surface area contributed by atoms with Gasteiger partial charge in [-0.1, -0.05) is 36.0 Å². The molecule has 1 aliphatic heterocycles. The summed E-state index contributed by atoms with van der Waals surface area (Å²) in [6, 6.07) is 13.8. The monoisotopic (exact) mass is 392 g/mol. The van der Waals surface area contributed by atoms with Crippen LogP contribution in [0.5, 0.6) is 0 Å². The van der Waals surface area contributed by atoms with E-state index in [4.69, 9.17) is 9.84 Å². The van der Waals surface area contributed by atoms with Crippen LogP contribution in [-0.2, 0) is 4.74 Å². The highest BCUT2D eigenvalue weighted by atomic mass is 32.2. The molecular formula is C19H20O7S. The van der Waals surface area contributed by atoms with Crippen molar-refractivity contribution in [2.75, 3.05) is 6.61 Å². The number of ether oxygens (including phenoxy) is 1. The number of aromatic carboxylic acids is 1. The molecule has 7 nitrogen and oxygen atoms in total. The summed E-state index contributed by atoms with van der Waals surface area (Å²) >= 11 is 1.16. The lowest BCUT2D eigenvalue weighted by molar-refractivity contribution is -0.205. The summed E-state index contributed by atoms with van der Waals surface area (Å²) in [5, 5.41) is 48.1. The van der Waals surface area contributed by atoms with E-state index in [1.165, 1.54) is 6.07 Å². The predicted molar refractivity (Wildman–Crippen MR) is 98.5 cm³/mol. The Morgan fingerprint density at radius 3 is 2.30 bits per heavy atom. The van der Waals surface area contributed by atoms with Crippen LogP contribution in [0, 0.1) is 0 Å². The van der Waals surface area contributed by atoms with Crippen molar-refractivity contribution in [3.63, 3.8) is 0 Å². The number of hydrogen-bond donors (Lipinski definition) is 5. The Balaban J connectivity index is 1.74. The second kappa shape index (κ2) is 8.39. The fourth-order valence-electron chi connectivity index (χ4n) is 2.86. The molecule has 144 valence electrons. The second-order valence-electron chi connectivity index (χ2n) is 6.23. The normalized spacial score (nSPS) is 28.1. The Hall–Kier alpha value is -1.94. The van der Waals surface area contributed by atoms with Gasteiger partial charge in [-0.3, -0.25) is 0 Å². The van der Waals surface area contributed by atoms with Gasteiger partial charge in [-0.15, -0.1) is 0 Å². The first-order valence-corrected chi connectivity index (χ1v) is 9.19. The minimum absolute atomic E-state index is 0.201. The molecule has 1 saturated heterocycles. The number of carboxylic acids is 1. The third-order valence-electron chi connectivity index (χ3n) is 4.40. The zero-order chi connectivity index (χ0) is 19.6. The number of thioether (sulfide) groups is 1. The van der Waals surface area contributed by atoms with E-state index in [1.807, 2.05) is 18.2 Å². The van der Waals surface area contributed by atoms with Crippen molar-refractivity contribution in [3.05, 3.63) is 54.1 Å². The first-order chi connectivity index (χ1) is 12.9. The molecule has 8 heteroatoms. The number of carboxylic acid groups (broad SMARTS) is 1. The highest BCUT2D eigenvalue weighted by Gasteiger charge is 2.43. The van der Waals surface area contributed by atoms with E-state index >= 15 is 0 Å². The zero-order valence-corrected chi connectivity index (χ0v) is 15.0. The number of rotatable bonds is 5. The lowest BCUT2D eigenvalue weighted by Gasteiger charge is -2.39. The number of hydrogen-bond acceptors (Lipinski definition) is 7. The van der Waals surface area contributed by atoms with E-state index in [1.54, 1.807) is 24.3 Å². The number of aliphatic hydroxyl groups is 4. The smallest absolute Gasteiger partial charge is 0.335 e. The van der Waals surface area contributed by atoms with Crippen LogP contribution >= 0.6 is 11.8 Å². The zero-order valence-electron chi connectivity index (χ0n) is 14.2. The van der Waals surface area contributed by atoms with Gasteiger partial charge in [-0.25, -0.2) is 4.79 Å². The fraction of sp³-hybridized carbons (Fsp3) is 0.316. The maximum atomic E-state index is 11.1. The van der Waals surface area contributed by atoms with Crippen LogP contribution in [0.2, 0.25) is 0 Å². The second-order valence-corrected chi connectivity index (χ2v) is 7.40. The van der Waals surface area contributed by atoms with Crippen molar-refractivity contribution < 1.29 is 35.1 Å². The van der Waals surface area contributed by atoms with Gasteiger partial charge in [-0.05, 0) is 35.4 Å². The van der Waals surface area contributed by atoms with Crippen molar-refractivity contribution in [2.24, 2.45) is 0 Å². The SMILES string of the molecule is O=C(O)c1cccc(-c2ccc(S[C@H]3O[C@H](CO)[C@@H](O)[C@H](O)[C@@H]3O)cc2)c1. The van der Waals surface area contributed by atoms with Gasteiger partial charge in [0.25, 0.3) is 0 Å². The van der Waals surface area contributed by atoms with Crippen LogP contribution in [0.3, 0.4) is 0 Å². The quantitative estimate of drug-likeness (QED) is 0.509. The largest absolute Gasteiger partial charge is 0.478 e. The van der Waals surface area contributed by atoms with Crippen LogP contribution in [0.4, 0.5) is 0 Å². The average molecular weight is 392 g/mol. The van der Waals surface area contributed by atoms with Crippen molar-refractivity contribution in [2.45, 2.75) is 34.7 Å². The van der Waals surface area contributed by atoms with Gasteiger partial charge in [-0.2, -0.15) is 0 Å². The third-order valence-corrected chi connectivity index (χ3v) is 5.56. The third kappa shape index (κ3) is 4.32. The molecular weight excluding hydrogens is 372 g/mol. The van der Waals surface area contributed by atoms with E-state index in [0.29, 0.717) is 0 Å². The van der Waals surface area contributed by atoms with Crippen LogP contribution < -0.4 is 0 Å². The van der Waals surface area contributed by atoms with Crippen LogP contribution in [0.25, 0.3) is 11.1 Å². The van der Waals surface area contributed by atoms with Crippen molar-refractivity contribution in [1.82, 2.24) is 0 Å². The summed E-state index contributed by atoms with van der Waals surface area (Å²) in [4.78, 5) is 11.8. The molecule has 0 spiro atoms. The topological polar surface area (TPSA) is 127 Å². The summed E-state index contributed by atoms with van der Waals surface area (Å²) in [5.41, 5.74) is 0.949. The molecule has 5 N–H and O–H groups in total. The molecule has 5 atom stereocenters. The minimum atomic E-state index is -1.41. The molecule has 2 aromatic rings. The maximum absolute atomic E-state index is 11.1. The van der Waals surface area contributed by atoms with Gasteiger partial charge in [0.05, 0.1) is 12.2 Å². The summed E-state index contributed by atoms with van der Waals surface area (Å²) in [7, 11) is 0. The molecule has 0 amide bonds. The standard InChI is InChI=1S/C19H20O7S/c20-9-14-15(21)16(22)17(23)19(26-14)27-13-6-4-10(5-7-13)11-2-1-3-12(8-11)18(24)25/h1-8,14-17,19-23H,9H2,(H,24,25)/t14-,15-,16+,17+,19-/m1/s1. The lowest BCUT2D eigenvalue weighted by atomic mass is 10.0. The van der Waals surface area contributed by atoms with Gasteiger partial charge < -0.3 is 30.3 Å². The number of benzene rings is 2. The van der Waals surface area contributed by atoms with Crippen LogP contribution in [-0.4, -0.2) is 68.0 Å². The molecule has 0 bridgehead atoms. The first kappa shape index (κ1) is 19.8. The van der Waals surface area contributed by atoms with Gasteiger partial charge in [0.15, 0.2) is 0 Å². The Morgan fingerprint density at radius 2 is 1.67 bits per heavy atom. The molecule has 0 aliphatic carbocycles. The highest BCUT2D eigenvalue weighted by Crippen LogP contribution is 2.34. The van der Waals surface area contributed by atoms with Crippen LogP contribution in [0.1, 0.15) is 10.4 Å². The molecule has 0 radical (unpaired) electrons. The highest BCUT2D eigenvalue weighted by molar-refractivity contribution is 7.99. The fourth-order valence-corrected chi connectivity index (χ4v) is 3.92. The van der Waals surface area contributed by atoms with E-state index in [0.717, 1.165) is 27.8 Å². The molecule has 0 unspecified atom stereocenters. The molecule has 2 aromatic carbocycles. The van der Waals surface area contributed by atoms with Gasteiger partial charge in [0, 0.05) is 4.90 Å². The van der Waals surface area contributed by atoms with Gasteiger partial charge in [0.2, 0.25) is 0 Å². The van der Waals surface area contributed by atoms with Crippen LogP contribution in [0.15, 0.2) is 53.4 Å². The van der Waals surface area contributed by atoms with E-state index in [2.05, 4.69) is 0 Å². The molecule has 1 fully saturated rings. The summed E-state index contributed by atoms with van der Waals surface area (Å²) < 4.78 is 5.48. The summed E-state index contributed by atoms with van der Waals surface area (Å²) in [6.07, 6.45) is -5.05. The molecule has 0 saturated carbocycles.